The van der Waals surface area contributed by atoms with E-state index in [9.17, 15) is 0 Å². The maximum absolute atomic E-state index is 6.09. The van der Waals surface area contributed by atoms with E-state index in [1.54, 1.807) is 14.2 Å². The third-order valence-corrected chi connectivity index (χ3v) is 4.90. The first-order chi connectivity index (χ1) is 12.3. The average molecular weight is 341 g/mol. The van der Waals surface area contributed by atoms with Crippen LogP contribution < -0.4 is 20.1 Å². The molecule has 25 heavy (non-hydrogen) atoms. The predicted octanol–water partition coefficient (Wildman–Crippen LogP) is 2.53. The lowest BCUT2D eigenvalue weighted by Crippen LogP contribution is -2.49. The van der Waals surface area contributed by atoms with E-state index in [-0.39, 0.29) is 6.04 Å². The molecule has 0 aromatic heterocycles. The van der Waals surface area contributed by atoms with Gasteiger partial charge < -0.3 is 20.1 Å². The molecule has 0 spiro atoms. The van der Waals surface area contributed by atoms with E-state index in [2.05, 4.69) is 34.1 Å². The Labute approximate surface area is 149 Å². The van der Waals surface area contributed by atoms with E-state index < -0.39 is 0 Å². The third kappa shape index (κ3) is 3.89. The highest BCUT2D eigenvalue weighted by atomic mass is 16.5. The van der Waals surface area contributed by atoms with Gasteiger partial charge in [0.15, 0.2) is 0 Å². The van der Waals surface area contributed by atoms with Crippen molar-refractivity contribution < 1.29 is 9.47 Å². The largest absolute Gasteiger partial charge is 0.497 e. The van der Waals surface area contributed by atoms with Gasteiger partial charge in [-0.1, -0.05) is 24.3 Å². The number of nitrogens with two attached hydrogens (primary N) is 1. The highest BCUT2D eigenvalue weighted by Gasteiger charge is 2.25. The molecule has 5 heteroatoms. The zero-order valence-corrected chi connectivity index (χ0v) is 15.0. The first-order valence-corrected chi connectivity index (χ1v) is 8.73. The zero-order valence-electron chi connectivity index (χ0n) is 15.0. The molecule has 0 unspecified atom stereocenters. The van der Waals surface area contributed by atoms with Gasteiger partial charge in [0, 0.05) is 38.8 Å². The molecular formula is C20H27N3O2. The first-order valence-electron chi connectivity index (χ1n) is 8.73. The summed E-state index contributed by atoms with van der Waals surface area (Å²) in [5.74, 6) is 1.81. The molecule has 0 bridgehead atoms. The van der Waals surface area contributed by atoms with E-state index >= 15 is 0 Å². The summed E-state index contributed by atoms with van der Waals surface area (Å²) in [7, 11) is 3.41. The van der Waals surface area contributed by atoms with Gasteiger partial charge in [-0.25, -0.2) is 0 Å². The lowest BCUT2D eigenvalue weighted by atomic mass is 10.0. The number of ether oxygens (including phenoxy) is 2. The number of nitrogens with zero attached hydrogens (tertiary/aromatic N) is 2. The van der Waals surface area contributed by atoms with Crippen LogP contribution in [-0.2, 0) is 0 Å². The summed E-state index contributed by atoms with van der Waals surface area (Å²) in [4.78, 5) is 4.85. The van der Waals surface area contributed by atoms with E-state index in [4.69, 9.17) is 15.2 Å². The van der Waals surface area contributed by atoms with Crippen molar-refractivity contribution in [2.75, 3.05) is 51.8 Å². The molecule has 1 saturated heterocycles. The minimum absolute atomic E-state index is 0.241. The number of rotatable bonds is 6. The Hall–Kier alpha value is -2.24. The Morgan fingerprint density at radius 3 is 2.20 bits per heavy atom. The Kier molecular flexibility index (Phi) is 5.79. The van der Waals surface area contributed by atoms with Crippen molar-refractivity contribution in [3.8, 4) is 11.5 Å². The number of hydrogen-bond acceptors (Lipinski definition) is 5. The third-order valence-electron chi connectivity index (χ3n) is 4.90. The van der Waals surface area contributed by atoms with Crippen molar-refractivity contribution in [1.82, 2.24) is 4.90 Å². The van der Waals surface area contributed by atoms with Crippen LogP contribution >= 0.6 is 0 Å². The number of methoxy groups -OCH3 is 2. The molecule has 1 atom stereocenters. The standard InChI is InChI=1S/C20H27N3O2/c1-24-17-9-7-16(8-10-17)19(15-21)23-13-11-22(12-14-23)18-5-3-4-6-20(18)25-2/h3-10,19H,11-15,21H2,1-2H3/t19-/m0/s1. The van der Waals surface area contributed by atoms with Crippen LogP contribution in [0.2, 0.25) is 0 Å². The van der Waals surface area contributed by atoms with E-state index in [0.717, 1.165) is 37.7 Å². The minimum Gasteiger partial charge on any atom is -0.497 e. The molecule has 1 aliphatic heterocycles. The molecule has 2 aromatic carbocycles. The summed E-state index contributed by atoms with van der Waals surface area (Å²) in [6.45, 7) is 4.50. The molecule has 0 amide bonds. The second-order valence-electron chi connectivity index (χ2n) is 6.22. The Bertz CT molecular complexity index is 667. The fourth-order valence-corrected chi connectivity index (χ4v) is 3.49. The molecule has 3 rings (SSSR count). The second kappa shape index (κ2) is 8.23. The van der Waals surface area contributed by atoms with Crippen molar-refractivity contribution in [1.29, 1.82) is 0 Å². The van der Waals surface area contributed by atoms with Crippen molar-refractivity contribution in [2.45, 2.75) is 6.04 Å². The number of benzene rings is 2. The minimum atomic E-state index is 0.241. The number of hydrogen-bond donors (Lipinski definition) is 1. The van der Waals surface area contributed by atoms with Crippen LogP contribution in [0.5, 0.6) is 11.5 Å². The van der Waals surface area contributed by atoms with E-state index in [1.807, 2.05) is 24.3 Å². The number of piperazine rings is 1. The molecule has 1 aliphatic rings. The quantitative estimate of drug-likeness (QED) is 0.875. The molecule has 1 heterocycles. The van der Waals surface area contributed by atoms with Crippen molar-refractivity contribution in [2.24, 2.45) is 5.73 Å². The summed E-state index contributed by atoms with van der Waals surface area (Å²) in [5.41, 5.74) is 8.50. The molecule has 0 radical (unpaired) electrons. The van der Waals surface area contributed by atoms with Gasteiger partial charge in [0.1, 0.15) is 11.5 Å². The Morgan fingerprint density at radius 2 is 1.60 bits per heavy atom. The molecule has 0 aliphatic carbocycles. The van der Waals surface area contributed by atoms with Crippen LogP contribution in [0.3, 0.4) is 0 Å². The van der Waals surface area contributed by atoms with Crippen LogP contribution in [0, 0.1) is 0 Å². The van der Waals surface area contributed by atoms with Gasteiger partial charge in [0.05, 0.1) is 19.9 Å². The van der Waals surface area contributed by atoms with E-state index in [1.165, 1.54) is 11.3 Å². The highest BCUT2D eigenvalue weighted by molar-refractivity contribution is 5.58. The average Bonchev–Trinajstić information content (AvgIpc) is 2.69. The second-order valence-corrected chi connectivity index (χ2v) is 6.22. The molecule has 2 aromatic rings. The van der Waals surface area contributed by atoms with Crippen LogP contribution in [0.1, 0.15) is 11.6 Å². The summed E-state index contributed by atoms with van der Waals surface area (Å²) in [6.07, 6.45) is 0. The summed E-state index contributed by atoms with van der Waals surface area (Å²) >= 11 is 0. The molecular weight excluding hydrogens is 314 g/mol. The van der Waals surface area contributed by atoms with Gasteiger partial charge >= 0.3 is 0 Å². The molecule has 2 N–H and O–H groups in total. The summed E-state index contributed by atoms with van der Waals surface area (Å²) in [6, 6.07) is 16.7. The van der Waals surface area contributed by atoms with E-state index in [0.29, 0.717) is 6.54 Å². The first kappa shape index (κ1) is 17.6. The van der Waals surface area contributed by atoms with Gasteiger partial charge in [0.2, 0.25) is 0 Å². The van der Waals surface area contributed by atoms with Crippen molar-refractivity contribution >= 4 is 5.69 Å². The van der Waals surface area contributed by atoms with Gasteiger partial charge in [-0.15, -0.1) is 0 Å². The van der Waals surface area contributed by atoms with Gasteiger partial charge in [-0.05, 0) is 29.8 Å². The molecule has 5 nitrogen and oxygen atoms in total. The number of para-hydroxylation sites is 2. The van der Waals surface area contributed by atoms with Crippen LogP contribution in [-0.4, -0.2) is 51.8 Å². The van der Waals surface area contributed by atoms with Gasteiger partial charge in [-0.2, -0.15) is 0 Å². The molecule has 134 valence electrons. The fourth-order valence-electron chi connectivity index (χ4n) is 3.49. The lowest BCUT2D eigenvalue weighted by molar-refractivity contribution is 0.190. The number of anilines is 1. The molecule has 1 fully saturated rings. The maximum Gasteiger partial charge on any atom is 0.142 e. The fraction of sp³-hybridized carbons (Fsp3) is 0.400. The van der Waals surface area contributed by atoms with Crippen LogP contribution in [0.4, 0.5) is 5.69 Å². The zero-order chi connectivity index (χ0) is 17.6. The van der Waals surface area contributed by atoms with Crippen molar-refractivity contribution in [3.63, 3.8) is 0 Å². The van der Waals surface area contributed by atoms with Crippen molar-refractivity contribution in [3.05, 3.63) is 54.1 Å². The normalized spacial score (nSPS) is 16.5. The predicted molar refractivity (Wildman–Crippen MR) is 102 cm³/mol. The SMILES string of the molecule is COc1ccc([C@H](CN)N2CCN(c3ccccc3OC)CC2)cc1. The molecule has 0 saturated carbocycles. The smallest absolute Gasteiger partial charge is 0.142 e. The Balaban J connectivity index is 1.67. The highest BCUT2D eigenvalue weighted by Crippen LogP contribution is 2.30. The summed E-state index contributed by atoms with van der Waals surface area (Å²) < 4.78 is 10.7. The maximum atomic E-state index is 6.09. The van der Waals surface area contributed by atoms with Crippen LogP contribution in [0.15, 0.2) is 48.5 Å². The lowest BCUT2D eigenvalue weighted by Gasteiger charge is -2.40. The van der Waals surface area contributed by atoms with Gasteiger partial charge in [-0.3, -0.25) is 4.90 Å². The summed E-state index contributed by atoms with van der Waals surface area (Å²) in [5, 5.41) is 0. The van der Waals surface area contributed by atoms with Gasteiger partial charge in [0.25, 0.3) is 0 Å². The van der Waals surface area contributed by atoms with Crippen LogP contribution in [0.25, 0.3) is 0 Å². The Morgan fingerprint density at radius 1 is 0.920 bits per heavy atom. The topological polar surface area (TPSA) is 51.0 Å². The monoisotopic (exact) mass is 341 g/mol.